The van der Waals surface area contributed by atoms with Crippen molar-refractivity contribution in [3.8, 4) is 0 Å². The summed E-state index contributed by atoms with van der Waals surface area (Å²) in [6.45, 7) is 0. The van der Waals surface area contributed by atoms with E-state index in [0.717, 1.165) is 19.6 Å². The van der Waals surface area contributed by atoms with Crippen LogP contribution in [0, 0.1) is 0 Å². The second-order valence-electron chi connectivity index (χ2n) is 10.9. The fourth-order valence-electron chi connectivity index (χ4n) is 4.67. The summed E-state index contributed by atoms with van der Waals surface area (Å²) in [4.78, 5) is 29.0. The zero-order valence-corrected chi connectivity index (χ0v) is 28.3. The Labute approximate surface area is 292 Å². The normalized spacial score (nSPS) is 11.1. The van der Waals surface area contributed by atoms with Crippen LogP contribution in [-0.2, 0) is 9.84 Å². The van der Waals surface area contributed by atoms with Gasteiger partial charge >= 0.3 is 0 Å². The minimum absolute atomic E-state index is 0.203. The number of rotatable bonds is 10. The number of carbonyl (C=O) groups is 2. The Morgan fingerprint density at radius 3 is 1.02 bits per heavy atom. The molecule has 0 radical (unpaired) electrons. The van der Waals surface area contributed by atoms with Crippen molar-refractivity contribution in [1.29, 1.82) is 0 Å². The number of amides is 2. The molecule has 0 saturated carbocycles. The first-order valence-electron chi connectivity index (χ1n) is 15.0. The van der Waals surface area contributed by atoms with E-state index in [4.69, 9.17) is 11.5 Å². The van der Waals surface area contributed by atoms with Crippen molar-refractivity contribution < 1.29 is 18.0 Å². The number of hydrogen-bond acceptors (Lipinski definition) is 8. The maximum atomic E-state index is 13.4. The third-order valence-corrected chi connectivity index (χ3v) is 11.1. The fourth-order valence-corrected chi connectivity index (χ4v) is 7.56. The Morgan fingerprint density at radius 1 is 0.429 bits per heavy atom. The van der Waals surface area contributed by atoms with Crippen LogP contribution in [0.2, 0.25) is 0 Å². The largest absolute Gasteiger partial charge is 0.399 e. The Kier molecular flexibility index (Phi) is 10.0. The Morgan fingerprint density at radius 2 is 0.714 bits per heavy atom. The highest BCUT2D eigenvalue weighted by atomic mass is 32.2. The third kappa shape index (κ3) is 8.52. The van der Waals surface area contributed by atoms with Crippen molar-refractivity contribution in [3.63, 3.8) is 0 Å². The van der Waals surface area contributed by atoms with Crippen LogP contribution >= 0.6 is 23.5 Å². The van der Waals surface area contributed by atoms with E-state index >= 15 is 0 Å². The molecule has 0 saturated heterocycles. The van der Waals surface area contributed by atoms with Crippen LogP contribution < -0.4 is 22.1 Å². The summed E-state index contributed by atoms with van der Waals surface area (Å²) in [7, 11) is -3.72. The molecule has 0 atom stereocenters. The summed E-state index contributed by atoms with van der Waals surface area (Å²) in [6, 6.07) is 41.8. The van der Waals surface area contributed by atoms with Gasteiger partial charge in [-0.15, -0.1) is 0 Å². The molecular formula is C38H30N4O4S3. The number of hydrogen-bond donors (Lipinski definition) is 4. The molecule has 0 fully saturated rings. The molecule has 2 amide bonds. The van der Waals surface area contributed by atoms with Crippen LogP contribution in [0.25, 0.3) is 0 Å². The van der Waals surface area contributed by atoms with Gasteiger partial charge in [-0.25, -0.2) is 8.42 Å². The fraction of sp³-hybridized carbons (Fsp3) is 0. The molecule has 0 aliphatic rings. The first-order valence-corrected chi connectivity index (χ1v) is 18.1. The lowest BCUT2D eigenvalue weighted by molar-refractivity contribution is 0.101. The second-order valence-corrected chi connectivity index (χ2v) is 15.1. The van der Waals surface area contributed by atoms with Gasteiger partial charge in [0, 0.05) is 53.5 Å². The molecular weight excluding hydrogens is 673 g/mol. The highest BCUT2D eigenvalue weighted by Gasteiger charge is 2.18. The SMILES string of the molecule is Nc1ccc(C(=O)Nc2ccc(Sc3ccc(S(=O)(=O)c4ccc(Sc5ccc(NC(=O)c6ccc(N)cc6)cc5)cc4)cc3)cc2)cc1. The van der Waals surface area contributed by atoms with Gasteiger partial charge in [0.05, 0.1) is 9.79 Å². The van der Waals surface area contributed by atoms with Gasteiger partial charge in [0.25, 0.3) is 11.8 Å². The maximum Gasteiger partial charge on any atom is 0.255 e. The van der Waals surface area contributed by atoms with Crippen LogP contribution in [0.4, 0.5) is 22.7 Å². The van der Waals surface area contributed by atoms with Gasteiger partial charge in [0.15, 0.2) is 0 Å². The average Bonchev–Trinajstić information content (AvgIpc) is 3.11. The van der Waals surface area contributed by atoms with Gasteiger partial charge in [-0.1, -0.05) is 23.5 Å². The van der Waals surface area contributed by atoms with E-state index in [9.17, 15) is 18.0 Å². The zero-order valence-electron chi connectivity index (χ0n) is 25.9. The highest BCUT2D eigenvalue weighted by Crippen LogP contribution is 2.33. The molecule has 6 aromatic carbocycles. The standard InChI is InChI=1S/C38H30N4O4S3/c39-27-5-1-25(2-6-27)37(43)41-29-9-13-31(14-10-29)47-33-17-21-35(22-18-33)49(45,46)36-23-19-34(20-24-36)48-32-15-11-30(12-16-32)42-38(44)26-3-7-28(40)8-4-26/h1-24H,39-40H2,(H,41,43)(H,42,44). The van der Waals surface area contributed by atoms with Crippen molar-refractivity contribution in [2.24, 2.45) is 0 Å². The maximum absolute atomic E-state index is 13.4. The smallest absolute Gasteiger partial charge is 0.255 e. The molecule has 6 aromatic rings. The number of nitrogens with two attached hydrogens (primary N) is 2. The number of benzene rings is 6. The Bertz CT molecular complexity index is 2040. The number of sulfone groups is 1. The van der Waals surface area contributed by atoms with Crippen molar-refractivity contribution in [2.75, 3.05) is 22.1 Å². The monoisotopic (exact) mass is 702 g/mol. The van der Waals surface area contributed by atoms with Crippen LogP contribution in [0.3, 0.4) is 0 Å². The summed E-state index contributed by atoms with van der Waals surface area (Å²) < 4.78 is 26.7. The van der Waals surface area contributed by atoms with Gasteiger partial charge < -0.3 is 22.1 Å². The molecule has 0 aliphatic heterocycles. The van der Waals surface area contributed by atoms with E-state index in [0.29, 0.717) is 33.9 Å². The number of anilines is 4. The van der Waals surface area contributed by atoms with E-state index in [1.54, 1.807) is 97.1 Å². The zero-order chi connectivity index (χ0) is 34.4. The van der Waals surface area contributed by atoms with E-state index in [2.05, 4.69) is 10.6 Å². The summed E-state index contributed by atoms with van der Waals surface area (Å²) in [5.74, 6) is -0.453. The average molecular weight is 703 g/mol. The van der Waals surface area contributed by atoms with Crippen molar-refractivity contribution >= 4 is 67.9 Å². The third-order valence-electron chi connectivity index (χ3n) is 7.31. The predicted molar refractivity (Wildman–Crippen MR) is 197 cm³/mol. The minimum Gasteiger partial charge on any atom is -0.399 e. The molecule has 0 unspecified atom stereocenters. The molecule has 0 bridgehead atoms. The molecule has 6 rings (SSSR count). The van der Waals surface area contributed by atoms with Crippen LogP contribution in [0.1, 0.15) is 20.7 Å². The molecule has 49 heavy (non-hydrogen) atoms. The molecule has 244 valence electrons. The van der Waals surface area contributed by atoms with Crippen LogP contribution in [0.5, 0.6) is 0 Å². The van der Waals surface area contributed by atoms with Crippen LogP contribution in [-0.4, -0.2) is 20.2 Å². The van der Waals surface area contributed by atoms with Gasteiger partial charge in [-0.3, -0.25) is 9.59 Å². The van der Waals surface area contributed by atoms with E-state index in [-0.39, 0.29) is 21.6 Å². The predicted octanol–water partition coefficient (Wildman–Crippen LogP) is 8.49. The van der Waals surface area contributed by atoms with E-state index < -0.39 is 9.84 Å². The van der Waals surface area contributed by atoms with Gasteiger partial charge in [0.2, 0.25) is 9.84 Å². The molecule has 0 aliphatic carbocycles. The second kappa shape index (κ2) is 14.7. The Balaban J connectivity index is 1.03. The molecule has 0 aromatic heterocycles. The lowest BCUT2D eigenvalue weighted by atomic mass is 10.2. The number of nitrogen functional groups attached to an aromatic ring is 2. The quantitative estimate of drug-likeness (QED) is 0.104. The van der Waals surface area contributed by atoms with Gasteiger partial charge in [-0.2, -0.15) is 0 Å². The van der Waals surface area contributed by atoms with Crippen molar-refractivity contribution in [2.45, 2.75) is 29.4 Å². The molecule has 0 spiro atoms. The Hall–Kier alpha value is -5.49. The molecule has 8 nitrogen and oxygen atoms in total. The first-order chi connectivity index (χ1) is 23.6. The molecule has 11 heteroatoms. The van der Waals surface area contributed by atoms with Gasteiger partial charge in [0.1, 0.15) is 0 Å². The van der Waals surface area contributed by atoms with Gasteiger partial charge in [-0.05, 0) is 146 Å². The minimum atomic E-state index is -3.72. The lowest BCUT2D eigenvalue weighted by Gasteiger charge is -2.09. The summed E-state index contributed by atoms with van der Waals surface area (Å²) >= 11 is 2.97. The van der Waals surface area contributed by atoms with Crippen molar-refractivity contribution in [1.82, 2.24) is 0 Å². The number of nitrogens with one attached hydrogen (secondary N) is 2. The van der Waals surface area contributed by atoms with Crippen molar-refractivity contribution in [3.05, 3.63) is 157 Å². The lowest BCUT2D eigenvalue weighted by Crippen LogP contribution is -2.11. The molecule has 0 heterocycles. The summed E-state index contributed by atoms with van der Waals surface area (Å²) in [6.07, 6.45) is 0. The van der Waals surface area contributed by atoms with E-state index in [1.807, 2.05) is 48.5 Å². The highest BCUT2D eigenvalue weighted by molar-refractivity contribution is 7.99. The first kappa shape index (κ1) is 33.4. The summed E-state index contributed by atoms with van der Waals surface area (Å²) in [5, 5.41) is 5.73. The molecule has 6 N–H and O–H groups in total. The van der Waals surface area contributed by atoms with E-state index in [1.165, 1.54) is 23.5 Å². The number of carbonyl (C=O) groups excluding carboxylic acids is 2. The van der Waals surface area contributed by atoms with Crippen LogP contribution in [0.15, 0.2) is 175 Å². The summed E-state index contributed by atoms with van der Waals surface area (Å²) in [5.41, 5.74) is 14.9. The topological polar surface area (TPSA) is 144 Å².